The molecule has 0 spiro atoms. The van der Waals surface area contributed by atoms with Crippen LogP contribution in [0.2, 0.25) is 0 Å². The molecule has 0 atom stereocenters. The normalized spacial score (nSPS) is 17.4. The Balaban J connectivity index is 1.69. The van der Waals surface area contributed by atoms with Gasteiger partial charge in [0, 0.05) is 5.39 Å². The first-order valence-corrected chi connectivity index (χ1v) is 6.10. The minimum atomic E-state index is 0.648. The highest BCUT2D eigenvalue weighted by atomic mass is 16.5. The average Bonchev–Trinajstić information content (AvgIpc) is 2.86. The molecule has 0 saturated carbocycles. The van der Waals surface area contributed by atoms with E-state index in [9.17, 15) is 0 Å². The van der Waals surface area contributed by atoms with Crippen molar-refractivity contribution in [3.63, 3.8) is 0 Å². The largest absolute Gasteiger partial charge is 0.489 e. The first kappa shape index (κ1) is 10.6. The minimum Gasteiger partial charge on any atom is -0.489 e. The van der Waals surface area contributed by atoms with Gasteiger partial charge in [-0.2, -0.15) is 0 Å². The second kappa shape index (κ2) is 4.75. The Hall–Kier alpha value is -1.55. The van der Waals surface area contributed by atoms with Gasteiger partial charge in [0.2, 0.25) is 5.58 Å². The Bertz CT molecular complexity index is 489. The highest BCUT2D eigenvalue weighted by molar-refractivity contribution is 5.81. The first-order valence-electron chi connectivity index (χ1n) is 6.10. The molecule has 17 heavy (non-hydrogen) atoms. The van der Waals surface area contributed by atoms with Gasteiger partial charge in [0.15, 0.2) is 5.75 Å². The van der Waals surface area contributed by atoms with Gasteiger partial charge in [-0.15, -0.1) is 0 Å². The number of nitrogens with one attached hydrogen (secondary N) is 1. The monoisotopic (exact) mass is 232 g/mol. The number of aromatic nitrogens is 1. The second-order valence-corrected chi connectivity index (χ2v) is 4.50. The third-order valence-corrected chi connectivity index (χ3v) is 3.28. The van der Waals surface area contributed by atoms with Gasteiger partial charge in [-0.1, -0.05) is 11.2 Å². The summed E-state index contributed by atoms with van der Waals surface area (Å²) in [7, 11) is 0. The van der Waals surface area contributed by atoms with Gasteiger partial charge in [0.1, 0.15) is 0 Å². The lowest BCUT2D eigenvalue weighted by Gasteiger charge is -2.22. The van der Waals surface area contributed by atoms with Crippen molar-refractivity contribution in [1.29, 1.82) is 0 Å². The molecule has 4 heteroatoms. The maximum absolute atomic E-state index is 5.86. The zero-order valence-electron chi connectivity index (χ0n) is 9.69. The van der Waals surface area contributed by atoms with E-state index in [0.29, 0.717) is 5.92 Å². The summed E-state index contributed by atoms with van der Waals surface area (Å²) < 4.78 is 11.1. The number of piperidine rings is 1. The molecule has 0 unspecified atom stereocenters. The summed E-state index contributed by atoms with van der Waals surface area (Å²) in [6.45, 7) is 2.96. The van der Waals surface area contributed by atoms with Crippen LogP contribution in [0.5, 0.6) is 5.75 Å². The zero-order chi connectivity index (χ0) is 11.5. The molecule has 1 saturated heterocycles. The van der Waals surface area contributed by atoms with Gasteiger partial charge in [-0.3, -0.25) is 0 Å². The topological polar surface area (TPSA) is 47.3 Å². The molecule has 0 aliphatic carbocycles. The molecule has 90 valence electrons. The van der Waals surface area contributed by atoms with Crippen LogP contribution in [0.4, 0.5) is 0 Å². The molecule has 4 nitrogen and oxygen atoms in total. The lowest BCUT2D eigenvalue weighted by atomic mass is 9.99. The molecule has 1 aromatic heterocycles. The number of nitrogens with zero attached hydrogens (tertiary/aromatic N) is 1. The van der Waals surface area contributed by atoms with Crippen molar-refractivity contribution in [2.75, 3.05) is 19.7 Å². The van der Waals surface area contributed by atoms with Crippen LogP contribution in [-0.4, -0.2) is 24.9 Å². The number of benzene rings is 1. The lowest BCUT2D eigenvalue weighted by Crippen LogP contribution is -2.30. The van der Waals surface area contributed by atoms with Gasteiger partial charge in [0.25, 0.3) is 0 Å². The summed E-state index contributed by atoms with van der Waals surface area (Å²) in [4.78, 5) is 0. The van der Waals surface area contributed by atoms with Crippen molar-refractivity contribution in [1.82, 2.24) is 10.5 Å². The van der Waals surface area contributed by atoms with E-state index in [1.54, 1.807) is 6.20 Å². The molecular weight excluding hydrogens is 216 g/mol. The van der Waals surface area contributed by atoms with Crippen LogP contribution in [0.25, 0.3) is 11.0 Å². The Labute approximate surface area is 99.9 Å². The summed E-state index contributed by atoms with van der Waals surface area (Å²) in [5, 5.41) is 8.14. The Kier molecular flexibility index (Phi) is 2.96. The van der Waals surface area contributed by atoms with Crippen molar-refractivity contribution in [3.05, 3.63) is 24.4 Å². The Morgan fingerprint density at radius 2 is 2.24 bits per heavy atom. The van der Waals surface area contributed by atoms with Crippen molar-refractivity contribution in [2.45, 2.75) is 12.8 Å². The number of ether oxygens (including phenoxy) is 1. The Morgan fingerprint density at radius 1 is 1.35 bits per heavy atom. The zero-order valence-corrected chi connectivity index (χ0v) is 9.69. The van der Waals surface area contributed by atoms with Crippen LogP contribution in [0, 0.1) is 5.92 Å². The molecule has 3 rings (SSSR count). The van der Waals surface area contributed by atoms with E-state index in [1.807, 2.05) is 18.2 Å². The van der Waals surface area contributed by atoms with E-state index in [0.717, 1.165) is 36.4 Å². The number of fused-ring (bicyclic) bond motifs is 1. The van der Waals surface area contributed by atoms with E-state index >= 15 is 0 Å². The molecule has 0 amide bonds. The summed E-state index contributed by atoms with van der Waals surface area (Å²) in [5.41, 5.74) is 0.751. The summed E-state index contributed by atoms with van der Waals surface area (Å²) in [6.07, 6.45) is 4.09. The molecule has 1 aliphatic rings. The molecular formula is C13H16N2O2. The SMILES string of the molecule is c1cc(OCC2CCNCC2)c2oncc2c1. The van der Waals surface area contributed by atoms with Crippen molar-refractivity contribution in [2.24, 2.45) is 5.92 Å². The molecule has 1 aromatic carbocycles. The van der Waals surface area contributed by atoms with Gasteiger partial charge >= 0.3 is 0 Å². The van der Waals surface area contributed by atoms with E-state index in [4.69, 9.17) is 9.26 Å². The van der Waals surface area contributed by atoms with Crippen molar-refractivity contribution < 1.29 is 9.26 Å². The van der Waals surface area contributed by atoms with E-state index in [-0.39, 0.29) is 0 Å². The molecule has 0 radical (unpaired) electrons. The fraction of sp³-hybridized carbons (Fsp3) is 0.462. The van der Waals surface area contributed by atoms with E-state index in [1.165, 1.54) is 12.8 Å². The number of hydrogen-bond donors (Lipinski definition) is 1. The predicted octanol–water partition coefficient (Wildman–Crippen LogP) is 2.21. The average molecular weight is 232 g/mol. The maximum atomic E-state index is 5.86. The molecule has 2 heterocycles. The fourth-order valence-electron chi connectivity index (χ4n) is 2.24. The smallest absolute Gasteiger partial charge is 0.208 e. The number of hydrogen-bond acceptors (Lipinski definition) is 4. The van der Waals surface area contributed by atoms with Gasteiger partial charge in [-0.25, -0.2) is 0 Å². The van der Waals surface area contributed by atoms with Crippen LogP contribution in [-0.2, 0) is 0 Å². The van der Waals surface area contributed by atoms with Gasteiger partial charge < -0.3 is 14.6 Å². The van der Waals surface area contributed by atoms with Crippen molar-refractivity contribution in [3.8, 4) is 5.75 Å². The van der Waals surface area contributed by atoms with Crippen LogP contribution in [0.1, 0.15) is 12.8 Å². The van der Waals surface area contributed by atoms with Crippen LogP contribution in [0.3, 0.4) is 0 Å². The van der Waals surface area contributed by atoms with Crippen LogP contribution < -0.4 is 10.1 Å². The van der Waals surface area contributed by atoms with Crippen LogP contribution >= 0.6 is 0 Å². The molecule has 1 fully saturated rings. The van der Waals surface area contributed by atoms with E-state index < -0.39 is 0 Å². The van der Waals surface area contributed by atoms with Gasteiger partial charge in [-0.05, 0) is 44.0 Å². The summed E-state index contributed by atoms with van der Waals surface area (Å²) >= 11 is 0. The first-order chi connectivity index (χ1) is 8.43. The number of para-hydroxylation sites is 1. The summed E-state index contributed by atoms with van der Waals surface area (Å²) in [6, 6.07) is 5.88. The van der Waals surface area contributed by atoms with Gasteiger partial charge in [0.05, 0.1) is 12.8 Å². The highest BCUT2D eigenvalue weighted by Gasteiger charge is 2.14. The standard InChI is InChI=1S/C13H16N2O2/c1-2-11-8-15-17-13(11)12(3-1)16-9-10-4-6-14-7-5-10/h1-3,8,10,14H,4-7,9H2. The fourth-order valence-corrected chi connectivity index (χ4v) is 2.24. The third-order valence-electron chi connectivity index (χ3n) is 3.28. The maximum Gasteiger partial charge on any atom is 0.208 e. The third kappa shape index (κ3) is 2.26. The molecule has 2 aromatic rings. The lowest BCUT2D eigenvalue weighted by molar-refractivity contribution is 0.214. The Morgan fingerprint density at radius 3 is 3.12 bits per heavy atom. The minimum absolute atomic E-state index is 0.648. The number of rotatable bonds is 3. The molecule has 1 aliphatic heterocycles. The summed E-state index contributed by atoms with van der Waals surface area (Å²) in [5.74, 6) is 1.45. The quantitative estimate of drug-likeness (QED) is 0.881. The molecule has 1 N–H and O–H groups in total. The second-order valence-electron chi connectivity index (χ2n) is 4.50. The predicted molar refractivity (Wildman–Crippen MR) is 65.1 cm³/mol. The molecule has 0 bridgehead atoms. The highest BCUT2D eigenvalue weighted by Crippen LogP contribution is 2.26. The van der Waals surface area contributed by atoms with Crippen LogP contribution in [0.15, 0.2) is 28.9 Å². The van der Waals surface area contributed by atoms with E-state index in [2.05, 4.69) is 10.5 Å². The van der Waals surface area contributed by atoms with Crippen molar-refractivity contribution >= 4 is 11.0 Å².